The molecule has 0 aliphatic rings. The van der Waals surface area contributed by atoms with Crippen molar-refractivity contribution >= 4 is 44.2 Å². The van der Waals surface area contributed by atoms with Gasteiger partial charge in [0, 0.05) is 41.4 Å². The van der Waals surface area contributed by atoms with Gasteiger partial charge in [0.2, 0.25) is 0 Å². The SMILES string of the molecule is O=C(Nc1nccs1)c1cn(Cc2ccc(C(F)(F)F)cc2)c2cc(F)ccc12.c1ccc2[nH]ccc2c1. The fourth-order valence-corrected chi connectivity index (χ4v) is 4.54. The highest BCUT2D eigenvalue weighted by Gasteiger charge is 2.30. The van der Waals surface area contributed by atoms with Crippen LogP contribution in [0.1, 0.15) is 21.5 Å². The van der Waals surface area contributed by atoms with E-state index in [1.54, 1.807) is 22.3 Å². The highest BCUT2D eigenvalue weighted by molar-refractivity contribution is 7.13. The number of alkyl halides is 3. The first-order valence-electron chi connectivity index (χ1n) is 11.5. The van der Waals surface area contributed by atoms with Crippen molar-refractivity contribution in [1.29, 1.82) is 0 Å². The predicted molar refractivity (Wildman–Crippen MR) is 141 cm³/mol. The summed E-state index contributed by atoms with van der Waals surface area (Å²) in [6.45, 7) is 0.183. The maximum atomic E-state index is 13.8. The predicted octanol–water partition coefficient (Wildman–Crippen LogP) is 7.72. The van der Waals surface area contributed by atoms with E-state index in [2.05, 4.69) is 33.5 Å². The first-order valence-corrected chi connectivity index (χ1v) is 12.3. The second kappa shape index (κ2) is 10.5. The van der Waals surface area contributed by atoms with Crippen LogP contribution in [0.3, 0.4) is 0 Å². The molecule has 192 valence electrons. The second-order valence-electron chi connectivity index (χ2n) is 8.38. The number of hydrogen-bond donors (Lipinski definition) is 2. The molecule has 0 bridgehead atoms. The Balaban J connectivity index is 0.000000273. The summed E-state index contributed by atoms with van der Waals surface area (Å²) in [6.07, 6.45) is 0.655. The third-order valence-electron chi connectivity index (χ3n) is 5.84. The standard InChI is InChI=1S/C20H13F4N3OS.C8H7N/c21-14-5-6-15-16(18(28)26-19-25-7-8-29-19)11-27(17(15)9-14)10-12-1-3-13(4-2-12)20(22,23)24;1-2-4-8-7(3-1)5-6-9-8/h1-9,11H,10H2,(H,25,26,28);1-6,9H. The van der Waals surface area contributed by atoms with Gasteiger partial charge in [0.15, 0.2) is 5.13 Å². The zero-order valence-corrected chi connectivity index (χ0v) is 20.5. The molecule has 5 nitrogen and oxygen atoms in total. The number of aromatic nitrogens is 3. The Kier molecular flexibility index (Phi) is 6.97. The van der Waals surface area contributed by atoms with Gasteiger partial charge in [0.05, 0.1) is 16.6 Å². The molecule has 0 fully saturated rings. The van der Waals surface area contributed by atoms with Gasteiger partial charge in [-0.05, 0) is 53.4 Å². The minimum absolute atomic E-state index is 0.183. The van der Waals surface area contributed by atoms with Crippen molar-refractivity contribution in [2.45, 2.75) is 12.7 Å². The number of nitrogens with zero attached hydrogens (tertiary/aromatic N) is 2. The van der Waals surface area contributed by atoms with Gasteiger partial charge in [-0.15, -0.1) is 11.3 Å². The summed E-state index contributed by atoms with van der Waals surface area (Å²) >= 11 is 1.26. The van der Waals surface area contributed by atoms with E-state index >= 15 is 0 Å². The molecule has 3 aromatic heterocycles. The molecular weight excluding hydrogens is 516 g/mol. The molecule has 0 aliphatic heterocycles. The van der Waals surface area contributed by atoms with Gasteiger partial charge < -0.3 is 9.55 Å². The zero-order chi connectivity index (χ0) is 26.7. The van der Waals surface area contributed by atoms with Crippen LogP contribution in [0.15, 0.2) is 96.8 Å². The van der Waals surface area contributed by atoms with Crippen molar-refractivity contribution in [2.24, 2.45) is 0 Å². The molecular formula is C28H20F4N4OS. The maximum absolute atomic E-state index is 13.8. The summed E-state index contributed by atoms with van der Waals surface area (Å²) in [5, 5.41) is 6.65. The van der Waals surface area contributed by atoms with Gasteiger partial charge in [0.1, 0.15) is 5.82 Å². The molecule has 2 N–H and O–H groups in total. The Morgan fingerprint density at radius 2 is 1.82 bits per heavy atom. The minimum Gasteiger partial charge on any atom is -0.361 e. The molecule has 0 unspecified atom stereocenters. The molecule has 1 amide bonds. The summed E-state index contributed by atoms with van der Waals surface area (Å²) in [6, 6.07) is 19.1. The number of hydrogen-bond acceptors (Lipinski definition) is 3. The monoisotopic (exact) mass is 536 g/mol. The van der Waals surface area contributed by atoms with Crippen molar-refractivity contribution in [3.8, 4) is 0 Å². The summed E-state index contributed by atoms with van der Waals surface area (Å²) in [4.78, 5) is 19.8. The van der Waals surface area contributed by atoms with Crippen molar-refractivity contribution in [3.05, 3.63) is 119 Å². The highest BCUT2D eigenvalue weighted by Crippen LogP contribution is 2.30. The number of H-pyrrole nitrogens is 1. The molecule has 6 aromatic rings. The van der Waals surface area contributed by atoms with Crippen molar-refractivity contribution in [1.82, 2.24) is 14.5 Å². The average molecular weight is 537 g/mol. The lowest BCUT2D eigenvalue weighted by Gasteiger charge is -2.09. The number of benzene rings is 3. The van der Waals surface area contributed by atoms with Crippen molar-refractivity contribution < 1.29 is 22.4 Å². The topological polar surface area (TPSA) is 62.7 Å². The summed E-state index contributed by atoms with van der Waals surface area (Å²) < 4.78 is 53.7. The van der Waals surface area contributed by atoms with Crippen LogP contribution in [-0.2, 0) is 12.7 Å². The normalized spacial score (nSPS) is 11.4. The first-order chi connectivity index (χ1) is 18.3. The highest BCUT2D eigenvalue weighted by atomic mass is 32.1. The number of rotatable bonds is 4. The van der Waals surface area contributed by atoms with E-state index in [9.17, 15) is 22.4 Å². The lowest BCUT2D eigenvalue weighted by molar-refractivity contribution is -0.137. The Hall–Kier alpha value is -4.44. The smallest absolute Gasteiger partial charge is 0.361 e. The first kappa shape index (κ1) is 25.2. The third kappa shape index (κ3) is 5.60. The Bertz CT molecular complexity index is 1660. The van der Waals surface area contributed by atoms with E-state index in [0.717, 1.165) is 12.1 Å². The number of anilines is 1. The van der Waals surface area contributed by atoms with Gasteiger partial charge in [-0.2, -0.15) is 13.2 Å². The Labute approximate surface area is 218 Å². The van der Waals surface area contributed by atoms with Gasteiger partial charge in [0.25, 0.3) is 5.91 Å². The fraction of sp³-hybridized carbons (Fsp3) is 0.0714. The van der Waals surface area contributed by atoms with E-state index in [4.69, 9.17) is 0 Å². The van der Waals surface area contributed by atoms with Crippen molar-refractivity contribution in [2.75, 3.05) is 5.32 Å². The molecule has 0 aliphatic carbocycles. The van der Waals surface area contributed by atoms with Gasteiger partial charge in [-0.25, -0.2) is 9.37 Å². The molecule has 0 saturated heterocycles. The van der Waals surface area contributed by atoms with Crippen LogP contribution in [0.4, 0.5) is 22.7 Å². The van der Waals surface area contributed by atoms with E-state index in [1.807, 2.05) is 18.3 Å². The van der Waals surface area contributed by atoms with E-state index < -0.39 is 23.5 Å². The van der Waals surface area contributed by atoms with Crippen LogP contribution in [0.2, 0.25) is 0 Å². The molecule has 38 heavy (non-hydrogen) atoms. The van der Waals surface area contributed by atoms with Gasteiger partial charge in [-0.3, -0.25) is 10.1 Å². The van der Waals surface area contributed by atoms with E-state index in [0.29, 0.717) is 27.2 Å². The number of aromatic amines is 1. The maximum Gasteiger partial charge on any atom is 0.416 e. The number of fused-ring (bicyclic) bond motifs is 2. The number of halogens is 4. The van der Waals surface area contributed by atoms with E-state index in [-0.39, 0.29) is 6.54 Å². The number of carbonyl (C=O) groups is 1. The molecule has 3 heterocycles. The number of amides is 1. The average Bonchev–Trinajstić information content (AvgIpc) is 3.65. The molecule has 0 radical (unpaired) electrons. The number of thiazole rings is 1. The summed E-state index contributed by atoms with van der Waals surface area (Å²) in [7, 11) is 0. The van der Waals surface area contributed by atoms with Crippen LogP contribution in [-0.4, -0.2) is 20.4 Å². The fourth-order valence-electron chi connectivity index (χ4n) is 4.02. The van der Waals surface area contributed by atoms with Gasteiger partial charge in [-0.1, -0.05) is 30.3 Å². The van der Waals surface area contributed by atoms with Crippen LogP contribution in [0.5, 0.6) is 0 Å². The summed E-state index contributed by atoms with van der Waals surface area (Å²) in [5.74, 6) is -0.876. The third-order valence-corrected chi connectivity index (χ3v) is 6.53. The van der Waals surface area contributed by atoms with Crippen LogP contribution < -0.4 is 5.32 Å². The van der Waals surface area contributed by atoms with Crippen LogP contribution in [0.25, 0.3) is 21.8 Å². The van der Waals surface area contributed by atoms with Crippen molar-refractivity contribution in [3.63, 3.8) is 0 Å². The van der Waals surface area contributed by atoms with Gasteiger partial charge >= 0.3 is 6.18 Å². The number of nitrogens with one attached hydrogen (secondary N) is 2. The lowest BCUT2D eigenvalue weighted by Crippen LogP contribution is -2.11. The van der Waals surface area contributed by atoms with Crippen LogP contribution >= 0.6 is 11.3 Å². The Morgan fingerprint density at radius 1 is 1.03 bits per heavy atom. The quantitative estimate of drug-likeness (QED) is 0.227. The van der Waals surface area contributed by atoms with E-state index in [1.165, 1.54) is 52.6 Å². The number of carbonyl (C=O) groups excluding carboxylic acids is 1. The zero-order valence-electron chi connectivity index (χ0n) is 19.7. The molecule has 0 saturated carbocycles. The molecule has 3 aromatic carbocycles. The Morgan fingerprint density at radius 3 is 2.53 bits per heavy atom. The molecule has 0 spiro atoms. The second-order valence-corrected chi connectivity index (χ2v) is 9.28. The molecule has 10 heteroatoms. The van der Waals surface area contributed by atoms with Crippen LogP contribution in [0, 0.1) is 5.82 Å². The largest absolute Gasteiger partial charge is 0.416 e. The summed E-state index contributed by atoms with van der Waals surface area (Å²) in [5.41, 5.74) is 1.84. The minimum atomic E-state index is -4.41. The molecule has 0 atom stereocenters. The molecule has 6 rings (SSSR count). The lowest BCUT2D eigenvalue weighted by atomic mass is 10.1. The number of para-hydroxylation sites is 1.